The molecule has 0 bridgehead atoms. The van der Waals surface area contributed by atoms with Crippen molar-refractivity contribution in [2.45, 2.75) is 58.0 Å². The lowest BCUT2D eigenvalue weighted by Gasteiger charge is -2.22. The fraction of sp³-hybridized carbons (Fsp3) is 0.481. The molecule has 2 rings (SSSR count). The van der Waals surface area contributed by atoms with E-state index in [-0.39, 0.29) is 26.0 Å². The summed E-state index contributed by atoms with van der Waals surface area (Å²) in [6.07, 6.45) is 0.00823. The highest BCUT2D eigenvalue weighted by molar-refractivity contribution is 6.30. The van der Waals surface area contributed by atoms with E-state index in [9.17, 15) is 23.5 Å². The van der Waals surface area contributed by atoms with Crippen LogP contribution >= 0.6 is 11.6 Å². The number of aliphatic carboxylic acids is 1. The first-order valence-corrected chi connectivity index (χ1v) is 12.6. The standard InChI is InChI=1S/C27H34ClF2NO6/c1-3-35-24(25(32)33)19-20-7-11-22(12-8-20)36-18-17-31(16-6-4-5-15-27(2,29)30)26(34)37-23-13-9-21(28)10-14-23/h7-14,24H,3-6,15-19H2,1-2H3,(H,32,33). The van der Waals surface area contributed by atoms with Crippen molar-refractivity contribution in [3.05, 3.63) is 59.1 Å². The van der Waals surface area contributed by atoms with Gasteiger partial charge in [0.2, 0.25) is 5.92 Å². The fourth-order valence-electron chi connectivity index (χ4n) is 3.51. The van der Waals surface area contributed by atoms with Crippen LogP contribution in [-0.2, 0) is 16.0 Å². The van der Waals surface area contributed by atoms with Crippen LogP contribution in [0.25, 0.3) is 0 Å². The lowest BCUT2D eigenvalue weighted by molar-refractivity contribution is -0.149. The number of carbonyl (C=O) groups is 2. The predicted octanol–water partition coefficient (Wildman–Crippen LogP) is 6.47. The molecule has 1 unspecified atom stereocenters. The Balaban J connectivity index is 1.90. The molecule has 1 N–H and O–H groups in total. The number of carbonyl (C=O) groups excluding carboxylic acids is 1. The van der Waals surface area contributed by atoms with Crippen molar-refractivity contribution in [1.82, 2.24) is 4.90 Å². The van der Waals surface area contributed by atoms with Gasteiger partial charge < -0.3 is 24.2 Å². The fourth-order valence-corrected chi connectivity index (χ4v) is 3.63. The molecular formula is C27H34ClF2NO6. The van der Waals surface area contributed by atoms with Crippen molar-refractivity contribution in [2.75, 3.05) is 26.3 Å². The molecule has 0 radical (unpaired) electrons. The molecule has 204 valence electrons. The number of benzene rings is 2. The maximum absolute atomic E-state index is 13.0. The molecule has 10 heteroatoms. The normalized spacial score (nSPS) is 12.1. The van der Waals surface area contributed by atoms with Crippen LogP contribution in [0.1, 0.15) is 45.1 Å². The van der Waals surface area contributed by atoms with Crippen molar-refractivity contribution >= 4 is 23.7 Å². The monoisotopic (exact) mass is 541 g/mol. The van der Waals surface area contributed by atoms with Gasteiger partial charge in [0.1, 0.15) is 18.1 Å². The topological polar surface area (TPSA) is 85.3 Å². The van der Waals surface area contributed by atoms with E-state index in [1.165, 1.54) is 4.90 Å². The largest absolute Gasteiger partial charge is 0.492 e. The zero-order valence-corrected chi connectivity index (χ0v) is 21.9. The molecule has 2 aromatic carbocycles. The highest BCUT2D eigenvalue weighted by Gasteiger charge is 2.21. The van der Waals surface area contributed by atoms with Crippen molar-refractivity contribution in [3.63, 3.8) is 0 Å². The lowest BCUT2D eigenvalue weighted by Crippen LogP contribution is -2.37. The summed E-state index contributed by atoms with van der Waals surface area (Å²) < 4.78 is 42.5. The Morgan fingerprint density at radius 1 is 1.00 bits per heavy atom. The Morgan fingerprint density at radius 3 is 2.24 bits per heavy atom. The smallest absolute Gasteiger partial charge is 0.415 e. The first-order valence-electron chi connectivity index (χ1n) is 12.2. The SMILES string of the molecule is CCOC(Cc1ccc(OCCN(CCCCCC(C)(F)F)C(=O)Oc2ccc(Cl)cc2)cc1)C(=O)O. The number of amides is 1. The minimum absolute atomic E-state index is 0.179. The van der Waals surface area contributed by atoms with Crippen LogP contribution in [0.5, 0.6) is 11.5 Å². The summed E-state index contributed by atoms with van der Waals surface area (Å²) in [6, 6.07) is 13.4. The molecule has 0 aliphatic rings. The van der Waals surface area contributed by atoms with Crippen molar-refractivity contribution < 1.29 is 37.7 Å². The molecular weight excluding hydrogens is 508 g/mol. The van der Waals surface area contributed by atoms with Crippen LogP contribution in [0, 0.1) is 0 Å². The number of halogens is 3. The number of alkyl halides is 2. The van der Waals surface area contributed by atoms with Gasteiger partial charge in [-0.2, -0.15) is 0 Å². The van der Waals surface area contributed by atoms with Gasteiger partial charge in [0, 0.05) is 31.0 Å². The molecule has 0 spiro atoms. The number of rotatable bonds is 16. The Labute approximate surface area is 221 Å². The maximum atomic E-state index is 13.0. The third-order valence-electron chi connectivity index (χ3n) is 5.44. The Hall–Kier alpha value is -2.91. The van der Waals surface area contributed by atoms with Gasteiger partial charge in [0.05, 0.1) is 6.54 Å². The summed E-state index contributed by atoms with van der Waals surface area (Å²) in [6.45, 7) is 3.68. The van der Waals surface area contributed by atoms with Gasteiger partial charge in [0.25, 0.3) is 0 Å². The number of hydrogen-bond acceptors (Lipinski definition) is 5. The van der Waals surface area contributed by atoms with Crippen LogP contribution in [0.2, 0.25) is 5.02 Å². The molecule has 1 amide bonds. The number of unbranched alkanes of at least 4 members (excludes halogenated alkanes) is 2. The first-order chi connectivity index (χ1) is 17.6. The van der Waals surface area contributed by atoms with E-state index in [0.717, 1.165) is 12.5 Å². The maximum Gasteiger partial charge on any atom is 0.415 e. The molecule has 0 saturated heterocycles. The van der Waals surface area contributed by atoms with Gasteiger partial charge in [-0.05, 0) is 68.7 Å². The number of carboxylic acid groups (broad SMARTS) is 1. The average molecular weight is 542 g/mol. The zero-order chi connectivity index (χ0) is 27.3. The van der Waals surface area contributed by atoms with E-state index in [1.54, 1.807) is 55.5 Å². The van der Waals surface area contributed by atoms with Crippen molar-refractivity contribution in [3.8, 4) is 11.5 Å². The second-order valence-electron chi connectivity index (χ2n) is 8.67. The molecule has 0 saturated carbocycles. The van der Waals surface area contributed by atoms with Crippen LogP contribution in [0.3, 0.4) is 0 Å². The number of nitrogens with zero attached hydrogens (tertiary/aromatic N) is 1. The highest BCUT2D eigenvalue weighted by Crippen LogP contribution is 2.21. The zero-order valence-electron chi connectivity index (χ0n) is 21.1. The third-order valence-corrected chi connectivity index (χ3v) is 5.69. The summed E-state index contributed by atoms with van der Waals surface area (Å²) >= 11 is 5.88. The Kier molecular flexibility index (Phi) is 12.6. The minimum Gasteiger partial charge on any atom is -0.492 e. The van der Waals surface area contributed by atoms with E-state index in [4.69, 9.17) is 25.8 Å². The Bertz CT molecular complexity index is 966. The van der Waals surface area contributed by atoms with Crippen LogP contribution in [0.4, 0.5) is 13.6 Å². The van der Waals surface area contributed by atoms with E-state index < -0.39 is 24.1 Å². The van der Waals surface area contributed by atoms with E-state index in [0.29, 0.717) is 48.9 Å². The summed E-state index contributed by atoms with van der Waals surface area (Å²) in [7, 11) is 0. The summed E-state index contributed by atoms with van der Waals surface area (Å²) in [5.74, 6) is -2.82. The van der Waals surface area contributed by atoms with Crippen molar-refractivity contribution in [1.29, 1.82) is 0 Å². The van der Waals surface area contributed by atoms with Gasteiger partial charge in [-0.25, -0.2) is 18.4 Å². The van der Waals surface area contributed by atoms with Gasteiger partial charge in [-0.3, -0.25) is 0 Å². The van der Waals surface area contributed by atoms with Gasteiger partial charge in [-0.15, -0.1) is 0 Å². The molecule has 0 aliphatic heterocycles. The van der Waals surface area contributed by atoms with Gasteiger partial charge in [-0.1, -0.05) is 30.2 Å². The molecule has 0 fully saturated rings. The second-order valence-corrected chi connectivity index (χ2v) is 9.10. The first kappa shape index (κ1) is 30.3. The van der Waals surface area contributed by atoms with E-state index in [2.05, 4.69) is 0 Å². The number of carboxylic acids is 1. The molecule has 37 heavy (non-hydrogen) atoms. The van der Waals surface area contributed by atoms with Crippen molar-refractivity contribution in [2.24, 2.45) is 0 Å². The third kappa shape index (κ3) is 12.3. The second kappa shape index (κ2) is 15.4. The quantitative estimate of drug-likeness (QED) is 0.245. The summed E-state index contributed by atoms with van der Waals surface area (Å²) in [5.41, 5.74) is 0.791. The van der Waals surface area contributed by atoms with Crippen LogP contribution in [-0.4, -0.2) is 60.4 Å². The highest BCUT2D eigenvalue weighted by atomic mass is 35.5. The summed E-state index contributed by atoms with van der Waals surface area (Å²) in [4.78, 5) is 25.5. The van der Waals surface area contributed by atoms with E-state index in [1.807, 2.05) is 0 Å². The predicted molar refractivity (Wildman–Crippen MR) is 137 cm³/mol. The minimum atomic E-state index is -2.70. The van der Waals surface area contributed by atoms with E-state index >= 15 is 0 Å². The molecule has 0 heterocycles. The molecule has 1 atom stereocenters. The Morgan fingerprint density at radius 2 is 1.65 bits per heavy atom. The van der Waals surface area contributed by atoms with Crippen LogP contribution < -0.4 is 9.47 Å². The molecule has 2 aromatic rings. The van der Waals surface area contributed by atoms with Crippen LogP contribution in [0.15, 0.2) is 48.5 Å². The molecule has 7 nitrogen and oxygen atoms in total. The summed E-state index contributed by atoms with van der Waals surface area (Å²) in [5, 5.41) is 9.75. The van der Waals surface area contributed by atoms with Gasteiger partial charge >= 0.3 is 12.1 Å². The number of ether oxygens (including phenoxy) is 3. The average Bonchev–Trinajstić information content (AvgIpc) is 2.84. The molecule has 0 aliphatic carbocycles. The van der Waals surface area contributed by atoms with Gasteiger partial charge in [0.15, 0.2) is 6.10 Å². The lowest BCUT2D eigenvalue weighted by atomic mass is 10.1. The number of hydrogen-bond donors (Lipinski definition) is 1. The molecule has 0 aromatic heterocycles.